The van der Waals surface area contributed by atoms with E-state index in [0.29, 0.717) is 31.2 Å². The number of rotatable bonds is 9. The van der Waals surface area contributed by atoms with Crippen LogP contribution in [0.1, 0.15) is 31.2 Å². The Morgan fingerprint density at radius 3 is 2.59 bits per heavy atom. The summed E-state index contributed by atoms with van der Waals surface area (Å²) in [5.41, 5.74) is 7.02. The van der Waals surface area contributed by atoms with E-state index in [1.165, 1.54) is 0 Å². The van der Waals surface area contributed by atoms with Crippen molar-refractivity contribution in [2.24, 2.45) is 11.7 Å². The van der Waals surface area contributed by atoms with Gasteiger partial charge in [0, 0.05) is 25.6 Å². The highest BCUT2D eigenvalue weighted by Gasteiger charge is 2.25. The number of halogens is 2. The minimum absolute atomic E-state index is 0. The molecule has 27 heavy (non-hydrogen) atoms. The van der Waals surface area contributed by atoms with E-state index in [9.17, 15) is 4.79 Å². The van der Waals surface area contributed by atoms with Crippen molar-refractivity contribution in [2.45, 2.75) is 38.3 Å². The first-order valence-electron chi connectivity index (χ1n) is 8.96. The molecule has 1 aliphatic carbocycles. The largest absolute Gasteiger partial charge is 0.493 e. The second-order valence-corrected chi connectivity index (χ2v) is 6.97. The molecule has 0 heterocycles. The fourth-order valence-corrected chi connectivity index (χ4v) is 3.11. The molecule has 0 saturated heterocycles. The summed E-state index contributed by atoms with van der Waals surface area (Å²) in [5.74, 6) is 1.79. The lowest BCUT2D eigenvalue weighted by Crippen LogP contribution is -2.31. The summed E-state index contributed by atoms with van der Waals surface area (Å²) in [6.45, 7) is 1.92. The van der Waals surface area contributed by atoms with Crippen molar-refractivity contribution in [3.05, 3.63) is 23.8 Å². The van der Waals surface area contributed by atoms with Gasteiger partial charge >= 0.3 is 0 Å². The Kier molecular flexibility index (Phi) is 12.5. The van der Waals surface area contributed by atoms with Gasteiger partial charge in [-0.25, -0.2) is 0 Å². The van der Waals surface area contributed by atoms with E-state index < -0.39 is 0 Å². The van der Waals surface area contributed by atoms with Crippen molar-refractivity contribution in [1.29, 1.82) is 0 Å². The fourth-order valence-electron chi connectivity index (χ4n) is 3.11. The van der Waals surface area contributed by atoms with Crippen molar-refractivity contribution >= 4 is 30.7 Å². The molecular formula is C19H33Cl2N3O3. The molecular weight excluding hydrogens is 389 g/mol. The van der Waals surface area contributed by atoms with Crippen LogP contribution in [-0.4, -0.2) is 51.2 Å². The van der Waals surface area contributed by atoms with Gasteiger partial charge in [-0.05, 0) is 50.6 Å². The highest BCUT2D eigenvalue weighted by atomic mass is 35.5. The van der Waals surface area contributed by atoms with Crippen molar-refractivity contribution in [1.82, 2.24) is 10.2 Å². The van der Waals surface area contributed by atoms with E-state index in [-0.39, 0.29) is 36.8 Å². The van der Waals surface area contributed by atoms with Gasteiger partial charge in [-0.1, -0.05) is 12.5 Å². The minimum atomic E-state index is 0. The Bertz CT molecular complexity index is 573. The van der Waals surface area contributed by atoms with Crippen molar-refractivity contribution in [2.75, 3.05) is 34.4 Å². The average molecular weight is 422 g/mol. The average Bonchev–Trinajstić information content (AvgIpc) is 2.98. The highest BCUT2D eigenvalue weighted by molar-refractivity contribution is 5.85. The van der Waals surface area contributed by atoms with Gasteiger partial charge in [0.1, 0.15) is 6.61 Å². The van der Waals surface area contributed by atoms with Crippen LogP contribution >= 0.6 is 24.8 Å². The van der Waals surface area contributed by atoms with Crippen LogP contribution in [-0.2, 0) is 11.3 Å². The van der Waals surface area contributed by atoms with E-state index in [2.05, 4.69) is 10.2 Å². The van der Waals surface area contributed by atoms with Crippen LogP contribution in [0, 0.1) is 5.92 Å². The molecule has 2 atom stereocenters. The topological polar surface area (TPSA) is 76.8 Å². The molecule has 2 rings (SSSR count). The van der Waals surface area contributed by atoms with Gasteiger partial charge in [-0.2, -0.15) is 0 Å². The summed E-state index contributed by atoms with van der Waals surface area (Å²) in [6, 6.07) is 5.93. The van der Waals surface area contributed by atoms with E-state index in [0.717, 1.165) is 37.1 Å². The molecule has 1 aliphatic rings. The van der Waals surface area contributed by atoms with Crippen LogP contribution in [0.5, 0.6) is 11.5 Å². The van der Waals surface area contributed by atoms with Gasteiger partial charge in [0.25, 0.3) is 0 Å². The molecule has 8 heteroatoms. The Labute approximate surface area is 175 Å². The molecule has 1 amide bonds. The Hall–Kier alpha value is -1.21. The van der Waals surface area contributed by atoms with Gasteiger partial charge in [-0.15, -0.1) is 24.8 Å². The van der Waals surface area contributed by atoms with E-state index in [1.54, 1.807) is 7.11 Å². The molecule has 0 aliphatic heterocycles. The zero-order valence-corrected chi connectivity index (χ0v) is 18.0. The molecule has 0 aromatic heterocycles. The second-order valence-electron chi connectivity index (χ2n) is 6.97. The fraction of sp³-hybridized carbons (Fsp3) is 0.632. The summed E-state index contributed by atoms with van der Waals surface area (Å²) in [7, 11) is 5.63. The Morgan fingerprint density at radius 1 is 1.26 bits per heavy atom. The number of carbonyl (C=O) groups excluding carboxylic acids is 1. The lowest BCUT2D eigenvalue weighted by molar-refractivity contribution is -0.122. The maximum absolute atomic E-state index is 12.1. The van der Waals surface area contributed by atoms with Crippen LogP contribution in [0.15, 0.2) is 18.2 Å². The van der Waals surface area contributed by atoms with Crippen LogP contribution in [0.2, 0.25) is 0 Å². The predicted molar refractivity (Wildman–Crippen MR) is 113 cm³/mol. The third-order valence-corrected chi connectivity index (χ3v) is 4.68. The van der Waals surface area contributed by atoms with Crippen molar-refractivity contribution in [3.63, 3.8) is 0 Å². The summed E-state index contributed by atoms with van der Waals surface area (Å²) < 4.78 is 11.2. The Balaban J connectivity index is 0.00000338. The molecule has 1 saturated carbocycles. The first-order chi connectivity index (χ1) is 12.0. The van der Waals surface area contributed by atoms with Gasteiger partial charge in [-0.3, -0.25) is 4.79 Å². The van der Waals surface area contributed by atoms with Crippen molar-refractivity contribution in [3.8, 4) is 11.5 Å². The Morgan fingerprint density at radius 2 is 2.00 bits per heavy atom. The van der Waals surface area contributed by atoms with Gasteiger partial charge in [0.05, 0.1) is 7.11 Å². The summed E-state index contributed by atoms with van der Waals surface area (Å²) in [5, 5.41) is 2.98. The number of amides is 1. The zero-order valence-electron chi connectivity index (χ0n) is 16.4. The smallest absolute Gasteiger partial charge is 0.220 e. The third-order valence-electron chi connectivity index (χ3n) is 4.68. The quantitative estimate of drug-likeness (QED) is 0.640. The highest BCUT2D eigenvalue weighted by Crippen LogP contribution is 2.28. The van der Waals surface area contributed by atoms with Crippen LogP contribution in [0.3, 0.4) is 0 Å². The summed E-state index contributed by atoms with van der Waals surface area (Å²) in [4.78, 5) is 14.2. The number of methoxy groups -OCH3 is 1. The predicted octanol–water partition coefficient (Wildman–Crippen LogP) is 2.61. The molecule has 156 valence electrons. The van der Waals surface area contributed by atoms with E-state index >= 15 is 0 Å². The van der Waals surface area contributed by atoms with Crippen molar-refractivity contribution < 1.29 is 14.3 Å². The molecule has 3 N–H and O–H groups in total. The number of carbonyl (C=O) groups is 1. The van der Waals surface area contributed by atoms with Gasteiger partial charge in [0.2, 0.25) is 5.91 Å². The molecule has 1 fully saturated rings. The van der Waals surface area contributed by atoms with E-state index in [4.69, 9.17) is 15.2 Å². The molecule has 0 bridgehead atoms. The number of nitrogens with two attached hydrogens (primary N) is 1. The second kappa shape index (κ2) is 13.0. The zero-order chi connectivity index (χ0) is 18.2. The summed E-state index contributed by atoms with van der Waals surface area (Å²) in [6.07, 6.45) is 3.74. The number of benzene rings is 1. The normalized spacial score (nSPS) is 18.4. The first kappa shape index (κ1) is 25.8. The maximum atomic E-state index is 12.1. The standard InChI is InChI=1S/C19H31N3O3.2ClH/c1-22(2)9-10-25-17-8-7-14(11-18(17)24-3)13-21-19(23)12-15-5-4-6-16(15)20;;/h7-8,11,15-16H,4-6,9-10,12-13,20H2,1-3H3,(H,21,23);2*1H/t15-,16+;;/m0../s1. The third kappa shape index (κ3) is 8.56. The maximum Gasteiger partial charge on any atom is 0.220 e. The first-order valence-corrected chi connectivity index (χ1v) is 8.96. The summed E-state index contributed by atoms with van der Waals surface area (Å²) >= 11 is 0. The van der Waals surface area contributed by atoms with Crippen LogP contribution < -0.4 is 20.5 Å². The van der Waals surface area contributed by atoms with Crippen LogP contribution in [0.4, 0.5) is 0 Å². The SMILES string of the molecule is COc1cc(CNC(=O)C[C@@H]2CCC[C@H]2N)ccc1OCCN(C)C.Cl.Cl. The molecule has 1 aromatic carbocycles. The molecule has 0 spiro atoms. The van der Waals surface area contributed by atoms with E-state index in [1.807, 2.05) is 32.3 Å². The van der Waals surface area contributed by atoms with Crippen LogP contribution in [0.25, 0.3) is 0 Å². The minimum Gasteiger partial charge on any atom is -0.493 e. The van der Waals surface area contributed by atoms with Gasteiger partial charge < -0.3 is 25.4 Å². The number of nitrogens with zero attached hydrogens (tertiary/aromatic N) is 1. The molecule has 1 aromatic rings. The monoisotopic (exact) mass is 421 g/mol. The molecule has 6 nitrogen and oxygen atoms in total. The molecule has 0 unspecified atom stereocenters. The lowest BCUT2D eigenvalue weighted by Gasteiger charge is -2.16. The number of nitrogens with one attached hydrogen (secondary N) is 1. The number of hydrogen-bond acceptors (Lipinski definition) is 5. The lowest BCUT2D eigenvalue weighted by atomic mass is 10.00. The number of hydrogen-bond donors (Lipinski definition) is 2. The van der Waals surface area contributed by atoms with Gasteiger partial charge in [0.15, 0.2) is 11.5 Å². The number of likely N-dealkylation sites (N-methyl/N-ethyl adjacent to an activating group) is 1. The molecule has 0 radical (unpaired) electrons. The number of ether oxygens (including phenoxy) is 2.